The van der Waals surface area contributed by atoms with Crippen molar-refractivity contribution in [3.63, 3.8) is 0 Å². The Kier molecular flexibility index (Phi) is 3.41. The van der Waals surface area contributed by atoms with E-state index < -0.39 is 0 Å². The molecule has 3 heterocycles. The first kappa shape index (κ1) is 14.8. The minimum Gasteiger partial charge on any atom is -0.339 e. The molecule has 1 N–H and O–H groups in total. The summed E-state index contributed by atoms with van der Waals surface area (Å²) in [5.74, 6) is 1.93. The zero-order chi connectivity index (χ0) is 16.7. The molecule has 0 amide bonds. The van der Waals surface area contributed by atoms with Crippen molar-refractivity contribution in [3.05, 3.63) is 48.4 Å². The number of nitrogens with zero attached hydrogens (tertiary/aromatic N) is 5. The molecule has 1 spiro atoms. The molecule has 1 aliphatic carbocycles. The van der Waals surface area contributed by atoms with Gasteiger partial charge in [-0.15, -0.1) is 0 Å². The number of nitrogens with one attached hydrogen (secondary N) is 1. The summed E-state index contributed by atoms with van der Waals surface area (Å²) in [5, 5.41) is 11.8. The third-order valence-electron chi connectivity index (χ3n) is 5.55. The Labute approximate surface area is 145 Å². The molecule has 128 valence electrons. The summed E-state index contributed by atoms with van der Waals surface area (Å²) in [4.78, 5) is 8.63. The van der Waals surface area contributed by atoms with Crippen LogP contribution in [0.4, 0.5) is 0 Å². The van der Waals surface area contributed by atoms with Gasteiger partial charge in [0.1, 0.15) is 12.7 Å². The van der Waals surface area contributed by atoms with E-state index >= 15 is 0 Å². The fraction of sp³-hybridized carbons (Fsp3) is 0.444. The van der Waals surface area contributed by atoms with Gasteiger partial charge in [-0.3, -0.25) is 0 Å². The van der Waals surface area contributed by atoms with Gasteiger partial charge in [0.15, 0.2) is 0 Å². The van der Waals surface area contributed by atoms with Gasteiger partial charge in [0.05, 0.1) is 6.54 Å². The molecule has 1 aliphatic heterocycles. The average Bonchev–Trinajstić information content (AvgIpc) is 3.04. The van der Waals surface area contributed by atoms with Crippen LogP contribution in [0.3, 0.4) is 0 Å². The maximum atomic E-state index is 5.58. The Balaban J connectivity index is 1.30. The molecule has 0 bridgehead atoms. The summed E-state index contributed by atoms with van der Waals surface area (Å²) < 4.78 is 7.38. The van der Waals surface area contributed by atoms with Crippen molar-refractivity contribution >= 4 is 0 Å². The van der Waals surface area contributed by atoms with Gasteiger partial charge in [-0.1, -0.05) is 29.4 Å². The molecule has 2 fully saturated rings. The second-order valence-corrected chi connectivity index (χ2v) is 7.12. The fourth-order valence-electron chi connectivity index (χ4n) is 3.93. The lowest BCUT2D eigenvalue weighted by Gasteiger charge is -2.22. The first-order valence-corrected chi connectivity index (χ1v) is 8.78. The number of hydrogen-bond acceptors (Lipinski definition) is 6. The Morgan fingerprint density at radius 3 is 2.80 bits per heavy atom. The van der Waals surface area contributed by atoms with Crippen LogP contribution in [0.2, 0.25) is 0 Å². The Bertz CT molecular complexity index is 848. The van der Waals surface area contributed by atoms with Crippen molar-refractivity contribution in [2.45, 2.75) is 31.7 Å². The molecule has 1 aromatic carbocycles. The molecule has 3 aromatic rings. The lowest BCUT2D eigenvalue weighted by Crippen LogP contribution is -2.29. The average molecular weight is 336 g/mol. The summed E-state index contributed by atoms with van der Waals surface area (Å²) in [7, 11) is 0. The Morgan fingerprint density at radius 2 is 2.04 bits per heavy atom. The predicted molar refractivity (Wildman–Crippen MR) is 90.8 cm³/mol. The van der Waals surface area contributed by atoms with E-state index in [2.05, 4.69) is 37.7 Å². The highest BCUT2D eigenvalue weighted by molar-refractivity contribution is 5.54. The molecule has 2 aliphatic rings. The van der Waals surface area contributed by atoms with Crippen molar-refractivity contribution in [2.75, 3.05) is 13.1 Å². The highest BCUT2D eigenvalue weighted by Gasteiger charge is 2.57. The van der Waals surface area contributed by atoms with Crippen molar-refractivity contribution in [3.8, 4) is 11.4 Å². The predicted octanol–water partition coefficient (Wildman–Crippen LogP) is 2.23. The van der Waals surface area contributed by atoms with Crippen LogP contribution >= 0.6 is 0 Å². The topological polar surface area (TPSA) is 81.7 Å². The second kappa shape index (κ2) is 5.77. The third kappa shape index (κ3) is 2.74. The molecule has 0 radical (unpaired) electrons. The Hall–Kier alpha value is -2.54. The van der Waals surface area contributed by atoms with E-state index in [1.165, 1.54) is 19.3 Å². The molecular weight excluding hydrogens is 316 g/mol. The molecule has 7 nitrogen and oxygen atoms in total. The van der Waals surface area contributed by atoms with Gasteiger partial charge in [0.25, 0.3) is 0 Å². The summed E-state index contributed by atoms with van der Waals surface area (Å²) in [5.41, 5.74) is 2.56. The van der Waals surface area contributed by atoms with Gasteiger partial charge < -0.3 is 9.84 Å². The summed E-state index contributed by atoms with van der Waals surface area (Å²) in [6.45, 7) is 2.91. The molecule has 1 atom stereocenters. The van der Waals surface area contributed by atoms with Gasteiger partial charge in [0.2, 0.25) is 11.7 Å². The van der Waals surface area contributed by atoms with Gasteiger partial charge in [-0.2, -0.15) is 10.1 Å². The van der Waals surface area contributed by atoms with Crippen molar-refractivity contribution in [1.29, 1.82) is 0 Å². The van der Waals surface area contributed by atoms with Crippen molar-refractivity contribution in [1.82, 2.24) is 30.2 Å². The maximum Gasteiger partial charge on any atom is 0.230 e. The minimum absolute atomic E-state index is 0.413. The molecule has 1 saturated carbocycles. The molecular formula is C18H20N6O. The number of aromatic nitrogens is 5. The zero-order valence-electron chi connectivity index (χ0n) is 13.9. The van der Waals surface area contributed by atoms with Crippen molar-refractivity contribution in [2.24, 2.45) is 5.41 Å². The van der Waals surface area contributed by atoms with Gasteiger partial charge >= 0.3 is 0 Å². The van der Waals surface area contributed by atoms with Crippen LogP contribution in [0.1, 0.15) is 36.6 Å². The van der Waals surface area contributed by atoms with E-state index in [1.54, 1.807) is 17.3 Å². The summed E-state index contributed by atoms with van der Waals surface area (Å²) in [6.07, 6.45) is 6.87. The summed E-state index contributed by atoms with van der Waals surface area (Å²) >= 11 is 0. The highest BCUT2D eigenvalue weighted by atomic mass is 16.5. The van der Waals surface area contributed by atoms with Crippen molar-refractivity contribution < 1.29 is 4.52 Å². The van der Waals surface area contributed by atoms with Crippen LogP contribution < -0.4 is 5.32 Å². The normalized spacial score (nSPS) is 21.5. The number of piperidine rings is 1. The second-order valence-electron chi connectivity index (χ2n) is 7.12. The van der Waals surface area contributed by atoms with Crippen LogP contribution in [0.25, 0.3) is 11.4 Å². The standard InChI is InChI=1S/C18H20N6O/c1-3-14(4-2-13(1)10-24-12-20-11-21-24)16-22-17(25-23-16)15-9-18(15)5-7-19-8-6-18/h1-4,11-12,15,19H,5-10H2/t15-/m0/s1. The highest BCUT2D eigenvalue weighted by Crippen LogP contribution is 2.63. The molecule has 0 unspecified atom stereocenters. The minimum atomic E-state index is 0.413. The Morgan fingerprint density at radius 1 is 1.20 bits per heavy atom. The number of hydrogen-bond donors (Lipinski definition) is 1. The monoisotopic (exact) mass is 336 g/mol. The van der Waals surface area contributed by atoms with Gasteiger partial charge in [0, 0.05) is 11.5 Å². The largest absolute Gasteiger partial charge is 0.339 e. The van der Waals surface area contributed by atoms with Crippen LogP contribution in [0.15, 0.2) is 41.4 Å². The fourth-order valence-corrected chi connectivity index (χ4v) is 3.93. The van der Waals surface area contributed by atoms with Crippen LogP contribution in [-0.4, -0.2) is 38.0 Å². The van der Waals surface area contributed by atoms with Gasteiger partial charge in [-0.05, 0) is 43.3 Å². The molecule has 5 rings (SSSR count). The lowest BCUT2D eigenvalue weighted by molar-refractivity contribution is 0.311. The van der Waals surface area contributed by atoms with E-state index in [0.29, 0.717) is 23.7 Å². The molecule has 1 saturated heterocycles. The van der Waals surface area contributed by atoms with E-state index in [-0.39, 0.29) is 0 Å². The molecule has 7 heteroatoms. The van der Waals surface area contributed by atoms with Crippen LogP contribution in [0.5, 0.6) is 0 Å². The lowest BCUT2D eigenvalue weighted by atomic mass is 9.92. The smallest absolute Gasteiger partial charge is 0.230 e. The van der Waals surface area contributed by atoms with E-state index in [0.717, 1.165) is 30.1 Å². The van der Waals surface area contributed by atoms with E-state index in [9.17, 15) is 0 Å². The number of rotatable bonds is 4. The first-order chi connectivity index (χ1) is 12.3. The SMILES string of the molecule is c1ncn(Cc2ccc(-c3noc([C@@H]4CC45CCNCC5)n3)cc2)n1. The number of benzene rings is 1. The quantitative estimate of drug-likeness (QED) is 0.787. The van der Waals surface area contributed by atoms with Crippen LogP contribution in [-0.2, 0) is 6.54 Å². The van der Waals surface area contributed by atoms with E-state index in [1.807, 2.05) is 12.1 Å². The van der Waals surface area contributed by atoms with Crippen LogP contribution in [0, 0.1) is 5.41 Å². The van der Waals surface area contributed by atoms with E-state index in [4.69, 9.17) is 4.52 Å². The first-order valence-electron chi connectivity index (χ1n) is 8.78. The molecule has 2 aromatic heterocycles. The zero-order valence-corrected chi connectivity index (χ0v) is 13.9. The molecule has 25 heavy (non-hydrogen) atoms. The third-order valence-corrected chi connectivity index (χ3v) is 5.55. The summed E-state index contributed by atoms with van der Waals surface area (Å²) in [6, 6.07) is 8.21. The maximum absolute atomic E-state index is 5.58. The van der Waals surface area contributed by atoms with Gasteiger partial charge in [-0.25, -0.2) is 9.67 Å².